The first kappa shape index (κ1) is 7.49. The zero-order valence-corrected chi connectivity index (χ0v) is 7.98. The number of hydrogen-bond donors (Lipinski definition) is 1. The van der Waals surface area contributed by atoms with E-state index in [9.17, 15) is 4.39 Å². The topological polar surface area (TPSA) is 12.0 Å². The summed E-state index contributed by atoms with van der Waals surface area (Å²) in [5.41, 5.74) is 1.97. The highest BCUT2D eigenvalue weighted by atomic mass is 127. The second-order valence-electron chi connectivity index (χ2n) is 2.59. The molecule has 2 rings (SSSR count). The Balaban J connectivity index is 2.64. The van der Waals surface area contributed by atoms with Gasteiger partial charge in [0.15, 0.2) is 0 Å². The van der Waals surface area contributed by atoms with E-state index in [0.29, 0.717) is 6.54 Å². The third-order valence-electron chi connectivity index (χ3n) is 1.92. The fraction of sp³-hybridized carbons (Fsp3) is 0.250. The molecule has 11 heavy (non-hydrogen) atoms. The number of halogens is 2. The van der Waals surface area contributed by atoms with E-state index in [1.807, 2.05) is 6.07 Å². The maximum Gasteiger partial charge on any atom is 0.128 e. The molecular formula is C8H7FIN. The Morgan fingerprint density at radius 1 is 1.27 bits per heavy atom. The standard InChI is InChI=1S/C8H7FIN/c9-7-1-2-8(10)6-4-11-3-5(6)7/h1-2,11H,3-4H2. The molecule has 1 aromatic carbocycles. The lowest BCUT2D eigenvalue weighted by Gasteiger charge is -2.00. The molecule has 0 bridgehead atoms. The number of benzene rings is 1. The molecule has 1 nitrogen and oxygen atoms in total. The van der Waals surface area contributed by atoms with Gasteiger partial charge in [-0.1, -0.05) is 0 Å². The van der Waals surface area contributed by atoms with E-state index >= 15 is 0 Å². The van der Waals surface area contributed by atoms with Crippen molar-refractivity contribution < 1.29 is 4.39 Å². The number of rotatable bonds is 0. The van der Waals surface area contributed by atoms with Crippen LogP contribution in [0.2, 0.25) is 0 Å². The van der Waals surface area contributed by atoms with Crippen LogP contribution in [0.3, 0.4) is 0 Å². The second kappa shape index (κ2) is 2.71. The molecule has 0 unspecified atom stereocenters. The van der Waals surface area contributed by atoms with Crippen molar-refractivity contribution in [1.29, 1.82) is 0 Å². The van der Waals surface area contributed by atoms with Gasteiger partial charge in [0.25, 0.3) is 0 Å². The molecule has 1 aliphatic heterocycles. The van der Waals surface area contributed by atoms with Crippen molar-refractivity contribution in [2.75, 3.05) is 0 Å². The predicted molar refractivity (Wildman–Crippen MR) is 49.7 cm³/mol. The molecule has 58 valence electrons. The highest BCUT2D eigenvalue weighted by Gasteiger charge is 2.16. The van der Waals surface area contributed by atoms with Crippen molar-refractivity contribution in [3.8, 4) is 0 Å². The zero-order valence-electron chi connectivity index (χ0n) is 5.82. The first-order chi connectivity index (χ1) is 5.29. The maximum atomic E-state index is 13.0. The predicted octanol–water partition coefficient (Wildman–Crippen LogP) is 2.03. The van der Waals surface area contributed by atoms with E-state index in [0.717, 1.165) is 21.2 Å². The summed E-state index contributed by atoms with van der Waals surface area (Å²) in [5.74, 6) is -0.0783. The second-order valence-corrected chi connectivity index (χ2v) is 3.75. The summed E-state index contributed by atoms with van der Waals surface area (Å²) in [6.45, 7) is 1.49. The van der Waals surface area contributed by atoms with Gasteiger partial charge in [0.1, 0.15) is 5.82 Å². The summed E-state index contributed by atoms with van der Waals surface area (Å²) in [6, 6.07) is 3.36. The molecule has 3 heteroatoms. The molecule has 0 aliphatic carbocycles. The first-order valence-corrected chi connectivity index (χ1v) is 4.53. The lowest BCUT2D eigenvalue weighted by Crippen LogP contribution is -2.00. The first-order valence-electron chi connectivity index (χ1n) is 3.45. The highest BCUT2D eigenvalue weighted by molar-refractivity contribution is 14.1. The summed E-state index contributed by atoms with van der Waals surface area (Å²) in [6.07, 6.45) is 0. The van der Waals surface area contributed by atoms with Crippen LogP contribution in [0, 0.1) is 9.39 Å². The van der Waals surface area contributed by atoms with E-state index in [-0.39, 0.29) is 5.82 Å². The normalized spacial score (nSPS) is 15.1. The molecule has 0 fully saturated rings. The summed E-state index contributed by atoms with van der Waals surface area (Å²) >= 11 is 2.24. The fourth-order valence-electron chi connectivity index (χ4n) is 1.33. The summed E-state index contributed by atoms with van der Waals surface area (Å²) in [7, 11) is 0. The van der Waals surface area contributed by atoms with Crippen LogP contribution in [0.4, 0.5) is 4.39 Å². The Morgan fingerprint density at radius 3 is 2.73 bits per heavy atom. The smallest absolute Gasteiger partial charge is 0.128 e. The van der Waals surface area contributed by atoms with Crippen LogP contribution in [0.5, 0.6) is 0 Å². The monoisotopic (exact) mass is 263 g/mol. The fourth-order valence-corrected chi connectivity index (χ4v) is 2.03. The molecule has 0 aromatic heterocycles. The van der Waals surface area contributed by atoms with E-state index in [4.69, 9.17) is 0 Å². The van der Waals surface area contributed by atoms with Gasteiger partial charge in [-0.25, -0.2) is 4.39 Å². The molecule has 1 aromatic rings. The molecule has 1 N–H and O–H groups in total. The highest BCUT2D eigenvalue weighted by Crippen LogP contribution is 2.23. The molecule has 0 saturated heterocycles. The van der Waals surface area contributed by atoms with Gasteiger partial charge in [0, 0.05) is 22.2 Å². The van der Waals surface area contributed by atoms with Crippen molar-refractivity contribution in [2.24, 2.45) is 0 Å². The van der Waals surface area contributed by atoms with Crippen molar-refractivity contribution >= 4 is 22.6 Å². The minimum Gasteiger partial charge on any atom is -0.308 e. The van der Waals surface area contributed by atoms with E-state index in [1.165, 1.54) is 6.07 Å². The quantitative estimate of drug-likeness (QED) is 0.706. The summed E-state index contributed by atoms with van der Waals surface area (Å²) < 4.78 is 14.2. The van der Waals surface area contributed by atoms with E-state index < -0.39 is 0 Å². The van der Waals surface area contributed by atoms with Crippen LogP contribution < -0.4 is 5.32 Å². The van der Waals surface area contributed by atoms with Gasteiger partial charge < -0.3 is 5.32 Å². The Bertz CT molecular complexity index is 269. The van der Waals surface area contributed by atoms with Crippen molar-refractivity contribution in [1.82, 2.24) is 5.32 Å². The third-order valence-corrected chi connectivity index (χ3v) is 2.93. The number of hydrogen-bond acceptors (Lipinski definition) is 1. The Hall–Kier alpha value is -0.160. The van der Waals surface area contributed by atoms with Gasteiger partial charge >= 0.3 is 0 Å². The number of nitrogens with one attached hydrogen (secondary N) is 1. The Morgan fingerprint density at radius 2 is 2.00 bits per heavy atom. The Kier molecular flexibility index (Phi) is 1.85. The third kappa shape index (κ3) is 1.16. The van der Waals surface area contributed by atoms with Crippen LogP contribution in [0.15, 0.2) is 12.1 Å². The minimum absolute atomic E-state index is 0.0783. The van der Waals surface area contributed by atoms with Gasteiger partial charge in [-0.15, -0.1) is 0 Å². The SMILES string of the molecule is Fc1ccc(I)c2c1CNC2. The van der Waals surface area contributed by atoms with Gasteiger partial charge in [-0.05, 0) is 40.3 Å². The lowest BCUT2D eigenvalue weighted by atomic mass is 10.1. The Labute approximate surface area is 78.1 Å². The number of fused-ring (bicyclic) bond motifs is 1. The van der Waals surface area contributed by atoms with Gasteiger partial charge in [0.05, 0.1) is 0 Å². The van der Waals surface area contributed by atoms with Crippen molar-refractivity contribution in [3.63, 3.8) is 0 Å². The van der Waals surface area contributed by atoms with E-state index in [1.54, 1.807) is 0 Å². The zero-order chi connectivity index (χ0) is 7.84. The average molecular weight is 263 g/mol. The van der Waals surface area contributed by atoms with Crippen molar-refractivity contribution in [3.05, 3.63) is 32.6 Å². The van der Waals surface area contributed by atoms with Gasteiger partial charge in [-0.2, -0.15) is 0 Å². The van der Waals surface area contributed by atoms with Gasteiger partial charge in [0.2, 0.25) is 0 Å². The minimum atomic E-state index is -0.0783. The molecule has 0 atom stereocenters. The molecule has 0 radical (unpaired) electrons. The largest absolute Gasteiger partial charge is 0.308 e. The van der Waals surface area contributed by atoms with Crippen molar-refractivity contribution in [2.45, 2.75) is 13.1 Å². The van der Waals surface area contributed by atoms with Crippen LogP contribution in [-0.2, 0) is 13.1 Å². The van der Waals surface area contributed by atoms with Crippen LogP contribution in [0.25, 0.3) is 0 Å². The summed E-state index contributed by atoms with van der Waals surface area (Å²) in [5, 5.41) is 3.12. The molecule has 1 heterocycles. The van der Waals surface area contributed by atoms with Crippen LogP contribution >= 0.6 is 22.6 Å². The molecular weight excluding hydrogens is 256 g/mol. The van der Waals surface area contributed by atoms with Crippen LogP contribution in [0.1, 0.15) is 11.1 Å². The molecule has 0 amide bonds. The lowest BCUT2D eigenvalue weighted by molar-refractivity contribution is 0.608. The summed E-state index contributed by atoms with van der Waals surface area (Å²) in [4.78, 5) is 0. The molecule has 0 spiro atoms. The molecule has 0 saturated carbocycles. The average Bonchev–Trinajstić information content (AvgIpc) is 2.45. The molecule has 1 aliphatic rings. The van der Waals surface area contributed by atoms with Crippen LogP contribution in [-0.4, -0.2) is 0 Å². The van der Waals surface area contributed by atoms with Gasteiger partial charge in [-0.3, -0.25) is 0 Å². The maximum absolute atomic E-state index is 13.0. The van der Waals surface area contributed by atoms with E-state index in [2.05, 4.69) is 27.9 Å².